The summed E-state index contributed by atoms with van der Waals surface area (Å²) in [5.41, 5.74) is 3.04. The Kier molecular flexibility index (Phi) is 4.27. The number of carbonyl (C=O) groups excluding carboxylic acids is 1. The molecule has 3 rings (SSSR count). The third kappa shape index (κ3) is 2.99. The van der Waals surface area contributed by atoms with Crippen molar-refractivity contribution in [1.82, 2.24) is 5.32 Å². The molecule has 2 aliphatic rings. The molecule has 1 aromatic rings. The van der Waals surface area contributed by atoms with E-state index in [-0.39, 0.29) is 11.3 Å². The van der Waals surface area contributed by atoms with Gasteiger partial charge in [-0.15, -0.1) is 11.6 Å². The van der Waals surface area contributed by atoms with E-state index >= 15 is 0 Å². The predicted octanol–water partition coefficient (Wildman–Crippen LogP) is 3.24. The van der Waals surface area contributed by atoms with Gasteiger partial charge in [0.15, 0.2) is 0 Å². The van der Waals surface area contributed by atoms with E-state index in [2.05, 4.69) is 5.32 Å². The normalized spacial score (nSPS) is 25.2. The van der Waals surface area contributed by atoms with E-state index in [1.54, 1.807) is 0 Å². The quantitative estimate of drug-likeness (QED) is 0.869. The van der Waals surface area contributed by atoms with E-state index in [1.165, 1.54) is 18.4 Å². The van der Waals surface area contributed by atoms with Crippen molar-refractivity contribution >= 4 is 17.5 Å². The number of fused-ring (bicyclic) bond motifs is 1. The molecule has 3 nitrogen and oxygen atoms in total. The van der Waals surface area contributed by atoms with Gasteiger partial charge in [0, 0.05) is 17.5 Å². The third-order valence-electron chi connectivity index (χ3n) is 4.32. The minimum atomic E-state index is -0.00543. The summed E-state index contributed by atoms with van der Waals surface area (Å²) in [6.45, 7) is 1.96. The zero-order chi connectivity index (χ0) is 13.9. The van der Waals surface area contributed by atoms with Crippen LogP contribution in [-0.4, -0.2) is 17.8 Å². The molecule has 1 aromatic carbocycles. The van der Waals surface area contributed by atoms with Gasteiger partial charge in [-0.05, 0) is 42.0 Å². The summed E-state index contributed by atoms with van der Waals surface area (Å²) in [5, 5.41) is 3.23. The number of amides is 1. The van der Waals surface area contributed by atoms with Crippen molar-refractivity contribution in [3.8, 4) is 0 Å². The highest BCUT2D eigenvalue weighted by atomic mass is 35.5. The lowest BCUT2D eigenvalue weighted by Gasteiger charge is -2.27. The summed E-state index contributed by atoms with van der Waals surface area (Å²) in [7, 11) is 0. The average molecular weight is 294 g/mol. The number of alkyl halides is 1. The van der Waals surface area contributed by atoms with Crippen LogP contribution in [0.15, 0.2) is 18.2 Å². The average Bonchev–Trinajstić information content (AvgIpc) is 2.93. The molecule has 0 saturated heterocycles. The molecular formula is C16H20ClNO2. The van der Waals surface area contributed by atoms with E-state index in [1.807, 2.05) is 18.2 Å². The van der Waals surface area contributed by atoms with Crippen molar-refractivity contribution in [2.45, 2.75) is 44.3 Å². The molecule has 1 aliphatic carbocycles. The molecule has 20 heavy (non-hydrogen) atoms. The van der Waals surface area contributed by atoms with Crippen molar-refractivity contribution < 1.29 is 9.53 Å². The standard InChI is InChI=1S/C16H20ClNO2/c17-15-4-2-1-3-12(15)8-18-16(19)11-5-6-13-9-20-10-14(13)7-11/h5-7,12,15H,1-4,8-10H2,(H,18,19). The van der Waals surface area contributed by atoms with E-state index in [9.17, 15) is 4.79 Å². The van der Waals surface area contributed by atoms with Gasteiger partial charge in [-0.25, -0.2) is 0 Å². The Morgan fingerprint density at radius 3 is 2.90 bits per heavy atom. The van der Waals surface area contributed by atoms with Gasteiger partial charge in [0.1, 0.15) is 0 Å². The maximum atomic E-state index is 12.2. The van der Waals surface area contributed by atoms with E-state index in [0.717, 1.165) is 24.0 Å². The first-order valence-electron chi connectivity index (χ1n) is 7.36. The van der Waals surface area contributed by atoms with Gasteiger partial charge < -0.3 is 10.1 Å². The number of nitrogens with one attached hydrogen (secondary N) is 1. The Labute approximate surface area is 124 Å². The van der Waals surface area contributed by atoms with E-state index in [0.29, 0.717) is 25.7 Å². The van der Waals surface area contributed by atoms with Crippen molar-refractivity contribution in [2.75, 3.05) is 6.54 Å². The lowest BCUT2D eigenvalue weighted by Crippen LogP contribution is -2.34. The summed E-state index contributed by atoms with van der Waals surface area (Å²) in [6.07, 6.45) is 4.62. The monoisotopic (exact) mass is 293 g/mol. The minimum absolute atomic E-state index is 0.00543. The maximum Gasteiger partial charge on any atom is 0.251 e. The van der Waals surface area contributed by atoms with Crippen molar-refractivity contribution in [1.29, 1.82) is 0 Å². The summed E-state index contributed by atoms with van der Waals surface area (Å²) in [6, 6.07) is 5.81. The number of hydrogen-bond acceptors (Lipinski definition) is 2. The fourth-order valence-corrected chi connectivity index (χ4v) is 3.40. The summed E-state index contributed by atoms with van der Waals surface area (Å²) < 4.78 is 5.37. The lowest BCUT2D eigenvalue weighted by molar-refractivity contribution is 0.0944. The van der Waals surface area contributed by atoms with E-state index in [4.69, 9.17) is 16.3 Å². The fourth-order valence-electron chi connectivity index (χ4n) is 3.03. The summed E-state index contributed by atoms with van der Waals surface area (Å²) >= 11 is 6.32. The van der Waals surface area contributed by atoms with Gasteiger partial charge in [-0.3, -0.25) is 4.79 Å². The van der Waals surface area contributed by atoms with E-state index < -0.39 is 0 Å². The number of carbonyl (C=O) groups is 1. The molecule has 4 heteroatoms. The highest BCUT2D eigenvalue weighted by molar-refractivity contribution is 6.20. The summed E-state index contributed by atoms with van der Waals surface area (Å²) in [4.78, 5) is 12.2. The first-order valence-corrected chi connectivity index (χ1v) is 7.79. The van der Waals surface area contributed by atoms with Crippen molar-refractivity contribution in [2.24, 2.45) is 5.92 Å². The molecule has 0 aromatic heterocycles. The number of rotatable bonds is 3. The second kappa shape index (κ2) is 6.15. The number of ether oxygens (including phenoxy) is 1. The second-order valence-corrected chi connectivity index (χ2v) is 6.31. The van der Waals surface area contributed by atoms with Gasteiger partial charge in [-0.1, -0.05) is 18.9 Å². The summed E-state index contributed by atoms with van der Waals surface area (Å²) in [5.74, 6) is 0.404. The number of hydrogen-bond donors (Lipinski definition) is 1. The highest BCUT2D eigenvalue weighted by Gasteiger charge is 2.23. The topological polar surface area (TPSA) is 38.3 Å². The molecule has 1 heterocycles. The Balaban J connectivity index is 1.59. The predicted molar refractivity (Wildman–Crippen MR) is 78.9 cm³/mol. The molecule has 108 valence electrons. The van der Waals surface area contributed by atoms with Crippen LogP contribution in [-0.2, 0) is 18.0 Å². The van der Waals surface area contributed by atoms with Crippen molar-refractivity contribution in [3.05, 3.63) is 34.9 Å². The van der Waals surface area contributed by atoms with Gasteiger partial charge >= 0.3 is 0 Å². The molecule has 1 fully saturated rings. The second-order valence-electron chi connectivity index (χ2n) is 5.75. The molecule has 1 aliphatic heterocycles. The first kappa shape index (κ1) is 13.9. The van der Waals surface area contributed by atoms with Crippen LogP contribution >= 0.6 is 11.6 Å². The highest BCUT2D eigenvalue weighted by Crippen LogP contribution is 2.28. The molecular weight excluding hydrogens is 274 g/mol. The van der Waals surface area contributed by atoms with Crippen LogP contribution in [0.25, 0.3) is 0 Å². The van der Waals surface area contributed by atoms with Crippen molar-refractivity contribution in [3.63, 3.8) is 0 Å². The molecule has 0 radical (unpaired) electrons. The molecule has 2 atom stereocenters. The molecule has 0 bridgehead atoms. The lowest BCUT2D eigenvalue weighted by atomic mass is 9.88. The Morgan fingerprint density at radius 2 is 2.05 bits per heavy atom. The SMILES string of the molecule is O=C(NCC1CCCCC1Cl)c1ccc2c(c1)COC2. The molecule has 1 amide bonds. The van der Waals surface area contributed by atoms with Gasteiger partial charge in [0.2, 0.25) is 0 Å². The molecule has 1 saturated carbocycles. The number of benzene rings is 1. The van der Waals surface area contributed by atoms with Crippen LogP contribution in [0, 0.1) is 5.92 Å². The molecule has 0 spiro atoms. The molecule has 1 N–H and O–H groups in total. The van der Waals surface area contributed by atoms with Crippen LogP contribution in [0.5, 0.6) is 0 Å². The van der Waals surface area contributed by atoms with Gasteiger partial charge in [0.05, 0.1) is 13.2 Å². The van der Waals surface area contributed by atoms with Crippen LogP contribution in [0.4, 0.5) is 0 Å². The fraction of sp³-hybridized carbons (Fsp3) is 0.562. The smallest absolute Gasteiger partial charge is 0.251 e. The van der Waals surface area contributed by atoms with Crippen LogP contribution in [0.1, 0.15) is 47.2 Å². The Morgan fingerprint density at radius 1 is 1.25 bits per heavy atom. The van der Waals surface area contributed by atoms with Gasteiger partial charge in [0.25, 0.3) is 5.91 Å². The van der Waals surface area contributed by atoms with Crippen LogP contribution in [0.2, 0.25) is 0 Å². The largest absolute Gasteiger partial charge is 0.372 e. The maximum absolute atomic E-state index is 12.2. The Bertz CT molecular complexity index is 503. The number of halogens is 1. The van der Waals surface area contributed by atoms with Crippen LogP contribution < -0.4 is 5.32 Å². The zero-order valence-corrected chi connectivity index (χ0v) is 12.3. The molecule has 2 unspecified atom stereocenters. The van der Waals surface area contributed by atoms with Crippen LogP contribution in [0.3, 0.4) is 0 Å². The van der Waals surface area contributed by atoms with Gasteiger partial charge in [-0.2, -0.15) is 0 Å². The Hall–Kier alpha value is -1.06. The minimum Gasteiger partial charge on any atom is -0.372 e. The zero-order valence-electron chi connectivity index (χ0n) is 11.5. The third-order valence-corrected chi connectivity index (χ3v) is 4.90. The first-order chi connectivity index (χ1) is 9.74.